The van der Waals surface area contributed by atoms with Gasteiger partial charge in [-0.2, -0.15) is 4.31 Å². The van der Waals surface area contributed by atoms with Crippen LogP contribution in [0.15, 0.2) is 34.1 Å². The van der Waals surface area contributed by atoms with Gasteiger partial charge in [0.1, 0.15) is 17.2 Å². The fraction of sp³-hybridized carbons (Fsp3) is 0.480. The van der Waals surface area contributed by atoms with E-state index in [1.807, 2.05) is 31.5 Å². The van der Waals surface area contributed by atoms with Gasteiger partial charge in [-0.3, -0.25) is 4.79 Å². The molecule has 2 aromatic heterocycles. The van der Waals surface area contributed by atoms with E-state index >= 15 is 0 Å². The van der Waals surface area contributed by atoms with E-state index in [1.165, 1.54) is 21.3 Å². The maximum absolute atomic E-state index is 13.5. The minimum absolute atomic E-state index is 0.0541. The van der Waals surface area contributed by atoms with Crippen molar-refractivity contribution in [1.82, 2.24) is 23.7 Å². The molecule has 0 saturated carbocycles. The first kappa shape index (κ1) is 26.7. The lowest BCUT2D eigenvalue weighted by molar-refractivity contribution is 0.0934. The van der Waals surface area contributed by atoms with E-state index < -0.39 is 16.1 Å². The maximum atomic E-state index is 13.5. The molecule has 1 amide bonds. The van der Waals surface area contributed by atoms with Crippen LogP contribution in [0, 0.1) is 6.92 Å². The molecule has 3 aromatic rings. The summed E-state index contributed by atoms with van der Waals surface area (Å²) in [6, 6.07) is 4.56. The zero-order chi connectivity index (χ0) is 26.7. The molecule has 11 nitrogen and oxygen atoms in total. The second-order valence-electron chi connectivity index (χ2n) is 8.80. The van der Waals surface area contributed by atoms with Crippen LogP contribution >= 0.6 is 0 Å². The SMILES string of the molecule is CCCn1cc(C)c2c(=O)[nH]c(-c3cc(S(=O)(=O)N4CCN(C(=O)OCC)CC4)ccc3OCC)nc21. The van der Waals surface area contributed by atoms with Crippen LogP contribution in [0.2, 0.25) is 0 Å². The van der Waals surface area contributed by atoms with Gasteiger partial charge in [-0.1, -0.05) is 6.92 Å². The van der Waals surface area contributed by atoms with Gasteiger partial charge in [-0.25, -0.2) is 18.2 Å². The average Bonchev–Trinajstić information content (AvgIpc) is 3.20. The Hall–Kier alpha value is -3.38. The van der Waals surface area contributed by atoms with Gasteiger partial charge >= 0.3 is 6.09 Å². The van der Waals surface area contributed by atoms with Crippen LogP contribution in [0.3, 0.4) is 0 Å². The van der Waals surface area contributed by atoms with E-state index in [4.69, 9.17) is 14.5 Å². The number of nitrogens with one attached hydrogen (secondary N) is 1. The van der Waals surface area contributed by atoms with Gasteiger partial charge in [0.2, 0.25) is 10.0 Å². The largest absolute Gasteiger partial charge is 0.493 e. The Morgan fingerprint density at radius 3 is 2.49 bits per heavy atom. The summed E-state index contributed by atoms with van der Waals surface area (Å²) in [6.07, 6.45) is 2.32. The number of carbonyl (C=O) groups excluding carboxylic acids is 1. The van der Waals surface area contributed by atoms with Crippen molar-refractivity contribution in [1.29, 1.82) is 0 Å². The molecule has 4 rings (SSSR count). The molecular weight excluding hydrogens is 498 g/mol. The van der Waals surface area contributed by atoms with Crippen LogP contribution < -0.4 is 10.3 Å². The fourth-order valence-electron chi connectivity index (χ4n) is 4.53. The van der Waals surface area contributed by atoms with Crippen LogP contribution in [0.25, 0.3) is 22.4 Å². The number of fused-ring (bicyclic) bond motifs is 1. The van der Waals surface area contributed by atoms with Crippen LogP contribution in [-0.4, -0.2) is 77.6 Å². The number of H-pyrrole nitrogens is 1. The van der Waals surface area contributed by atoms with Crippen molar-refractivity contribution in [2.24, 2.45) is 0 Å². The topological polar surface area (TPSA) is 127 Å². The first-order valence-corrected chi connectivity index (χ1v) is 13.9. The Bertz CT molecular complexity index is 1450. The van der Waals surface area contributed by atoms with Gasteiger partial charge in [0.25, 0.3) is 5.56 Å². The highest BCUT2D eigenvalue weighted by Gasteiger charge is 2.31. The third-order valence-corrected chi connectivity index (χ3v) is 8.18. The van der Waals surface area contributed by atoms with Gasteiger partial charge in [-0.15, -0.1) is 0 Å². The third-order valence-electron chi connectivity index (χ3n) is 6.29. The van der Waals surface area contributed by atoms with Crippen molar-refractivity contribution in [3.05, 3.63) is 40.3 Å². The van der Waals surface area contributed by atoms with E-state index in [9.17, 15) is 18.0 Å². The summed E-state index contributed by atoms with van der Waals surface area (Å²) in [7, 11) is -3.88. The molecule has 37 heavy (non-hydrogen) atoms. The number of hydrogen-bond donors (Lipinski definition) is 1. The number of amides is 1. The molecule has 3 heterocycles. The van der Waals surface area contributed by atoms with Crippen LogP contribution in [0.4, 0.5) is 4.79 Å². The number of ether oxygens (including phenoxy) is 2. The first-order chi connectivity index (χ1) is 17.7. The molecule has 1 aliphatic heterocycles. The van der Waals surface area contributed by atoms with Gasteiger partial charge in [0.15, 0.2) is 0 Å². The standard InChI is InChI=1S/C25H33N5O6S/c1-5-10-29-16-17(4)21-23(29)26-22(27-24(21)31)19-15-18(8-9-20(19)35-6-2)37(33,34)30-13-11-28(12-14-30)25(32)36-7-3/h8-9,15-16H,5-7,10-14H2,1-4H3,(H,26,27,31). The molecule has 0 unspecified atom stereocenters. The predicted octanol–water partition coefficient (Wildman–Crippen LogP) is 2.97. The van der Waals surface area contributed by atoms with Crippen molar-refractivity contribution in [2.45, 2.75) is 45.6 Å². The summed E-state index contributed by atoms with van der Waals surface area (Å²) >= 11 is 0. The molecule has 200 valence electrons. The smallest absolute Gasteiger partial charge is 0.409 e. The summed E-state index contributed by atoms with van der Waals surface area (Å²) in [5.41, 5.74) is 1.46. The number of aryl methyl sites for hydroxylation is 2. The highest BCUT2D eigenvalue weighted by molar-refractivity contribution is 7.89. The summed E-state index contributed by atoms with van der Waals surface area (Å²) in [5, 5.41) is 0.512. The molecule has 0 atom stereocenters. The van der Waals surface area contributed by atoms with Gasteiger partial charge in [-0.05, 0) is 51.0 Å². The second-order valence-corrected chi connectivity index (χ2v) is 10.7. The van der Waals surface area contributed by atoms with Gasteiger partial charge in [0, 0.05) is 38.9 Å². The summed E-state index contributed by atoms with van der Waals surface area (Å²) in [6.45, 7) is 9.55. The molecule has 0 spiro atoms. The number of nitrogens with zero attached hydrogens (tertiary/aromatic N) is 4. The monoisotopic (exact) mass is 531 g/mol. The maximum Gasteiger partial charge on any atom is 0.409 e. The quantitative estimate of drug-likeness (QED) is 0.473. The molecule has 1 aromatic carbocycles. The summed E-state index contributed by atoms with van der Waals surface area (Å²) < 4.78 is 41.1. The number of benzene rings is 1. The highest BCUT2D eigenvalue weighted by Crippen LogP contribution is 2.32. The number of piperazine rings is 1. The van der Waals surface area contributed by atoms with Crippen molar-refractivity contribution < 1.29 is 22.7 Å². The molecule has 0 bridgehead atoms. The van der Waals surface area contributed by atoms with Crippen molar-refractivity contribution in [3.63, 3.8) is 0 Å². The molecule has 1 N–H and O–H groups in total. The van der Waals surface area contributed by atoms with E-state index in [-0.39, 0.29) is 49.1 Å². The van der Waals surface area contributed by atoms with Gasteiger partial charge < -0.3 is 23.9 Å². The molecule has 12 heteroatoms. The average molecular weight is 532 g/mol. The summed E-state index contributed by atoms with van der Waals surface area (Å²) in [4.78, 5) is 34.1. The Morgan fingerprint density at radius 1 is 1.11 bits per heavy atom. The fourth-order valence-corrected chi connectivity index (χ4v) is 5.98. The first-order valence-electron chi connectivity index (χ1n) is 12.5. The third kappa shape index (κ3) is 5.21. The summed E-state index contributed by atoms with van der Waals surface area (Å²) in [5.74, 6) is 0.655. The van der Waals surface area contributed by atoms with E-state index in [0.717, 1.165) is 12.0 Å². The Labute approximate surface area is 216 Å². The van der Waals surface area contributed by atoms with Crippen LogP contribution in [0.1, 0.15) is 32.8 Å². The predicted molar refractivity (Wildman–Crippen MR) is 139 cm³/mol. The zero-order valence-corrected chi connectivity index (χ0v) is 22.4. The van der Waals surface area contributed by atoms with E-state index in [2.05, 4.69) is 4.98 Å². The second kappa shape index (κ2) is 10.9. The van der Waals surface area contributed by atoms with Crippen molar-refractivity contribution in [2.75, 3.05) is 39.4 Å². The van der Waals surface area contributed by atoms with Crippen molar-refractivity contribution >= 4 is 27.1 Å². The minimum atomic E-state index is -3.88. The number of rotatable bonds is 8. The minimum Gasteiger partial charge on any atom is -0.493 e. The van der Waals surface area contributed by atoms with Crippen LogP contribution in [0.5, 0.6) is 5.75 Å². The van der Waals surface area contributed by atoms with Crippen molar-refractivity contribution in [3.8, 4) is 17.1 Å². The lowest BCUT2D eigenvalue weighted by atomic mass is 10.1. The molecule has 0 aliphatic carbocycles. The highest BCUT2D eigenvalue weighted by atomic mass is 32.2. The normalized spacial score (nSPS) is 14.8. The van der Waals surface area contributed by atoms with Gasteiger partial charge in [0.05, 0.1) is 29.1 Å². The Balaban J connectivity index is 1.73. The number of aromatic amines is 1. The number of sulfonamides is 1. The molecular formula is C25H33N5O6S. The molecule has 0 radical (unpaired) electrons. The van der Waals surface area contributed by atoms with E-state index in [1.54, 1.807) is 13.0 Å². The van der Waals surface area contributed by atoms with Crippen LogP contribution in [-0.2, 0) is 21.3 Å². The number of hydrogen-bond acceptors (Lipinski definition) is 7. The number of aromatic nitrogens is 3. The van der Waals surface area contributed by atoms with E-state index in [0.29, 0.717) is 35.5 Å². The Kier molecular flexibility index (Phi) is 7.88. The number of carbonyl (C=O) groups is 1. The molecule has 1 saturated heterocycles. The Morgan fingerprint density at radius 2 is 1.84 bits per heavy atom. The zero-order valence-electron chi connectivity index (χ0n) is 21.6. The molecule has 1 aliphatic rings. The molecule has 1 fully saturated rings. The lowest BCUT2D eigenvalue weighted by Gasteiger charge is -2.33. The lowest BCUT2D eigenvalue weighted by Crippen LogP contribution is -2.50.